The number of halogens is 1. The van der Waals surface area contributed by atoms with Gasteiger partial charge in [0.25, 0.3) is 0 Å². The molecule has 2 aliphatic rings. The molecule has 3 atom stereocenters. The van der Waals surface area contributed by atoms with Gasteiger partial charge in [-0.3, -0.25) is 19.1 Å². The smallest absolute Gasteiger partial charge is 0.248 e. The number of ketones is 1. The van der Waals surface area contributed by atoms with Crippen molar-refractivity contribution in [2.75, 3.05) is 25.5 Å². The fourth-order valence-corrected chi connectivity index (χ4v) is 7.35. The van der Waals surface area contributed by atoms with Crippen LogP contribution in [0.4, 0.5) is 5.82 Å². The maximum atomic E-state index is 14.3. The summed E-state index contributed by atoms with van der Waals surface area (Å²) in [7, 11) is 2.12. The molecule has 3 aromatic heterocycles. The quantitative estimate of drug-likeness (QED) is 0.142. The monoisotopic (exact) mass is 712 g/mol. The Bertz CT molecular complexity index is 1910. The molecule has 0 unspecified atom stereocenters. The zero-order valence-electron chi connectivity index (χ0n) is 28.0. The first kappa shape index (κ1) is 33.6. The van der Waals surface area contributed by atoms with E-state index in [-0.39, 0.29) is 35.6 Å². The number of likely N-dealkylation sites (tertiary alicyclic amines) is 1. The van der Waals surface area contributed by atoms with Crippen LogP contribution in [0.15, 0.2) is 53.4 Å². The molecule has 6 rings (SSSR count). The predicted molar refractivity (Wildman–Crippen MR) is 189 cm³/mol. The van der Waals surface area contributed by atoms with Crippen LogP contribution in [-0.4, -0.2) is 84.4 Å². The fraction of sp³-hybridized carbons (Fsp3) is 0.417. The van der Waals surface area contributed by atoms with Crippen molar-refractivity contribution in [2.24, 2.45) is 5.41 Å². The van der Waals surface area contributed by atoms with E-state index < -0.39 is 6.04 Å². The molecule has 1 aromatic carbocycles. The first-order valence-corrected chi connectivity index (χ1v) is 17.2. The molecule has 4 heterocycles. The number of hydrogen-bond acceptors (Lipinski definition) is 8. The third kappa shape index (κ3) is 6.68. The molecule has 250 valence electrons. The van der Waals surface area contributed by atoms with Crippen LogP contribution in [0.5, 0.6) is 0 Å². The van der Waals surface area contributed by atoms with Gasteiger partial charge in [-0.15, -0.1) is 0 Å². The van der Waals surface area contributed by atoms with Crippen molar-refractivity contribution < 1.29 is 14.4 Å². The summed E-state index contributed by atoms with van der Waals surface area (Å²) in [5.74, 6) is 0.442. The molecule has 0 spiro atoms. The van der Waals surface area contributed by atoms with Crippen molar-refractivity contribution in [3.63, 3.8) is 0 Å². The molecule has 1 saturated carbocycles. The molecule has 1 N–H and O–H groups in total. The first-order valence-electron chi connectivity index (χ1n) is 16.4. The number of pyridine rings is 1. The van der Waals surface area contributed by atoms with E-state index in [9.17, 15) is 14.4 Å². The number of unbranched alkanes of at least 4 members (excludes halogenated alkanes) is 1. The van der Waals surface area contributed by atoms with Crippen molar-refractivity contribution in [2.45, 2.75) is 72.0 Å². The Kier molecular flexibility index (Phi) is 9.57. The number of benzene rings is 1. The lowest BCUT2D eigenvalue weighted by molar-refractivity contribution is -0.138. The number of fused-ring (bicyclic) bond motifs is 2. The number of piperidine rings is 1. The minimum Gasteiger partial charge on any atom is -0.325 e. The number of aromatic nitrogens is 5. The number of carbonyl (C=O) groups excluding carboxylic acids is 3. The molecule has 11 nitrogen and oxygen atoms in total. The van der Waals surface area contributed by atoms with Gasteiger partial charge in [0.1, 0.15) is 34.5 Å². The summed E-state index contributed by atoms with van der Waals surface area (Å²) in [6.07, 6.45) is 10.9. The van der Waals surface area contributed by atoms with Crippen molar-refractivity contribution in [1.29, 1.82) is 0 Å². The van der Waals surface area contributed by atoms with Gasteiger partial charge in [0.2, 0.25) is 11.8 Å². The number of aryl methyl sites for hydroxylation is 1. The summed E-state index contributed by atoms with van der Waals surface area (Å²) in [6, 6.07) is 8.67. The molecule has 2 fully saturated rings. The Labute approximate surface area is 289 Å². The molecule has 2 amide bonds. The normalized spacial score (nSPS) is 20.1. The number of amides is 2. The Morgan fingerprint density at radius 1 is 1.12 bits per heavy atom. The molecular weight excluding hydrogens is 672 g/mol. The standard InChI is InChI=1S/C36H41BrN8O3/c1-6-8-14-43(5)21-36-16-29(35(48)41-34-24(9-7-2)11-13-31(37)40-34)45(30(36)17-36)32(47)20-44-28-12-10-25(26-18-38-23(4)39-19-26)15-27(28)33(42-44)22(3)46/h7,9-13,15,18-19,29-30H,6,8,14,16-17,20-21H2,1-5H3,(H,40,41,48)/b9-7+/t29-,30+,36-/m0/s1. The summed E-state index contributed by atoms with van der Waals surface area (Å²) in [4.78, 5) is 58.3. The Morgan fingerprint density at radius 2 is 1.90 bits per heavy atom. The van der Waals surface area contributed by atoms with E-state index in [2.05, 4.69) is 60.2 Å². The average Bonchev–Trinajstić information content (AvgIpc) is 3.45. The summed E-state index contributed by atoms with van der Waals surface area (Å²) in [5, 5.41) is 8.31. The predicted octanol–water partition coefficient (Wildman–Crippen LogP) is 5.93. The Hall–Kier alpha value is -4.29. The highest BCUT2D eigenvalue weighted by atomic mass is 79.9. The van der Waals surface area contributed by atoms with E-state index in [0.717, 1.165) is 49.0 Å². The second-order valence-electron chi connectivity index (χ2n) is 13.1. The minimum atomic E-state index is -0.669. The fourth-order valence-electron chi connectivity index (χ4n) is 7.04. The van der Waals surface area contributed by atoms with Crippen LogP contribution in [0.3, 0.4) is 0 Å². The number of anilines is 1. The molecule has 1 aliphatic carbocycles. The maximum Gasteiger partial charge on any atom is 0.248 e. The van der Waals surface area contributed by atoms with E-state index in [0.29, 0.717) is 39.3 Å². The third-order valence-corrected chi connectivity index (χ3v) is 9.89. The van der Waals surface area contributed by atoms with Gasteiger partial charge in [0.05, 0.1) is 5.52 Å². The van der Waals surface area contributed by atoms with E-state index in [4.69, 9.17) is 0 Å². The summed E-state index contributed by atoms with van der Waals surface area (Å²) in [5.41, 5.74) is 3.25. The number of Topliss-reactive ketones (excluding diaryl/α,β-unsaturated/α-hetero) is 1. The highest BCUT2D eigenvalue weighted by Crippen LogP contribution is 2.60. The summed E-state index contributed by atoms with van der Waals surface area (Å²) < 4.78 is 2.20. The summed E-state index contributed by atoms with van der Waals surface area (Å²) in [6.45, 7) is 9.06. The van der Waals surface area contributed by atoms with Crippen LogP contribution in [0.2, 0.25) is 0 Å². The molecule has 0 bridgehead atoms. The van der Waals surface area contributed by atoms with Gasteiger partial charge in [-0.2, -0.15) is 5.10 Å². The van der Waals surface area contributed by atoms with Crippen LogP contribution in [0.1, 0.15) is 68.3 Å². The van der Waals surface area contributed by atoms with E-state index >= 15 is 0 Å². The second kappa shape index (κ2) is 13.7. The second-order valence-corrected chi connectivity index (χ2v) is 13.9. The molecule has 12 heteroatoms. The van der Waals surface area contributed by atoms with Gasteiger partial charge in [-0.05, 0) is 92.5 Å². The number of rotatable bonds is 12. The van der Waals surface area contributed by atoms with E-state index in [1.165, 1.54) is 6.92 Å². The lowest BCUT2D eigenvalue weighted by Gasteiger charge is -2.27. The number of nitrogens with one attached hydrogen (secondary N) is 1. The van der Waals surface area contributed by atoms with Crippen molar-refractivity contribution in [3.8, 4) is 11.1 Å². The molecular formula is C36H41BrN8O3. The minimum absolute atomic E-state index is 0.0578. The van der Waals surface area contributed by atoms with Crippen LogP contribution < -0.4 is 5.32 Å². The Morgan fingerprint density at radius 3 is 2.60 bits per heavy atom. The average molecular weight is 714 g/mol. The van der Waals surface area contributed by atoms with Crippen LogP contribution >= 0.6 is 15.9 Å². The lowest BCUT2D eigenvalue weighted by atomic mass is 9.98. The van der Waals surface area contributed by atoms with Gasteiger partial charge in [-0.25, -0.2) is 15.0 Å². The molecule has 4 aromatic rings. The highest BCUT2D eigenvalue weighted by Gasteiger charge is 2.67. The van der Waals surface area contributed by atoms with Crippen molar-refractivity contribution in [1.82, 2.24) is 34.5 Å². The molecule has 0 radical (unpaired) electrons. The van der Waals surface area contributed by atoms with Crippen LogP contribution in [0, 0.1) is 12.3 Å². The zero-order chi connectivity index (χ0) is 34.2. The van der Waals surface area contributed by atoms with Gasteiger partial charge in [0.15, 0.2) is 5.78 Å². The number of nitrogens with zero attached hydrogens (tertiary/aromatic N) is 7. The number of hydrogen-bond donors (Lipinski definition) is 1. The van der Waals surface area contributed by atoms with Gasteiger partial charge in [-0.1, -0.05) is 31.6 Å². The van der Waals surface area contributed by atoms with Crippen molar-refractivity contribution >= 4 is 56.3 Å². The first-order chi connectivity index (χ1) is 23.0. The van der Waals surface area contributed by atoms with Crippen LogP contribution in [0.25, 0.3) is 28.1 Å². The van der Waals surface area contributed by atoms with E-state index in [1.54, 1.807) is 22.0 Å². The number of allylic oxidation sites excluding steroid dienone is 1. The topological polar surface area (TPSA) is 126 Å². The summed E-state index contributed by atoms with van der Waals surface area (Å²) >= 11 is 3.42. The molecule has 1 saturated heterocycles. The lowest BCUT2D eigenvalue weighted by Crippen LogP contribution is -2.47. The van der Waals surface area contributed by atoms with Gasteiger partial charge < -0.3 is 15.1 Å². The third-order valence-electron chi connectivity index (χ3n) is 9.45. The van der Waals surface area contributed by atoms with Gasteiger partial charge in [0, 0.05) is 53.8 Å². The van der Waals surface area contributed by atoms with E-state index in [1.807, 2.05) is 56.3 Å². The van der Waals surface area contributed by atoms with Crippen LogP contribution in [-0.2, 0) is 16.1 Å². The largest absolute Gasteiger partial charge is 0.325 e. The molecule has 1 aliphatic heterocycles. The highest BCUT2D eigenvalue weighted by molar-refractivity contribution is 9.10. The zero-order valence-corrected chi connectivity index (χ0v) is 29.6. The molecule has 48 heavy (non-hydrogen) atoms. The SMILES string of the molecule is C/C=C/c1ccc(Br)nc1NC(=O)[C@@H]1C[C@@]2(CN(C)CCCC)C[C@H]2N1C(=O)Cn1nc(C(C)=O)c2cc(-c3cnc(C)nc3)ccc21. The Balaban J connectivity index is 1.31. The van der Waals surface area contributed by atoms with Crippen molar-refractivity contribution in [3.05, 3.63) is 70.5 Å². The van der Waals surface area contributed by atoms with Gasteiger partial charge >= 0.3 is 0 Å². The maximum absolute atomic E-state index is 14.3. The number of carbonyl (C=O) groups is 3.